The average Bonchev–Trinajstić information content (AvgIpc) is 3.60. The normalized spacial score (nSPS) is 16.2. The number of nitrogens with one attached hydrogen (secondary N) is 1. The van der Waals surface area contributed by atoms with Crippen molar-refractivity contribution in [2.24, 2.45) is 0 Å². The van der Waals surface area contributed by atoms with Crippen LogP contribution in [0.2, 0.25) is 5.02 Å². The predicted octanol–water partition coefficient (Wildman–Crippen LogP) is 4.46. The van der Waals surface area contributed by atoms with Gasteiger partial charge in [0.15, 0.2) is 0 Å². The number of hydrogen-bond donors (Lipinski definition) is 2. The van der Waals surface area contributed by atoms with Gasteiger partial charge in [-0.2, -0.15) is 0 Å². The molecule has 208 valence electrons. The Morgan fingerprint density at radius 3 is 2.70 bits per heavy atom. The lowest BCUT2D eigenvalue weighted by Crippen LogP contribution is -2.37. The summed E-state index contributed by atoms with van der Waals surface area (Å²) in [6, 6.07) is 11.1. The van der Waals surface area contributed by atoms with Gasteiger partial charge < -0.3 is 20.7 Å². The summed E-state index contributed by atoms with van der Waals surface area (Å²) in [5.41, 5.74) is 8.91. The lowest BCUT2D eigenvalue weighted by molar-refractivity contribution is 0.0959. The summed E-state index contributed by atoms with van der Waals surface area (Å²) in [6.07, 6.45) is 3.42. The molecule has 1 atom stereocenters. The van der Waals surface area contributed by atoms with Crippen LogP contribution >= 0.6 is 22.9 Å². The lowest BCUT2D eigenvalue weighted by atomic mass is 10.0. The van der Waals surface area contributed by atoms with Crippen LogP contribution in [0, 0.1) is 6.92 Å². The van der Waals surface area contributed by atoms with Crippen LogP contribution in [0.15, 0.2) is 46.6 Å². The van der Waals surface area contributed by atoms with Crippen molar-refractivity contribution in [1.82, 2.24) is 24.8 Å². The first kappa shape index (κ1) is 27.6. The van der Waals surface area contributed by atoms with E-state index in [1.807, 2.05) is 17.0 Å². The van der Waals surface area contributed by atoms with E-state index < -0.39 is 0 Å². The van der Waals surface area contributed by atoms with E-state index in [-0.39, 0.29) is 17.6 Å². The number of fused-ring (bicyclic) bond motifs is 2. The van der Waals surface area contributed by atoms with Crippen LogP contribution in [-0.4, -0.2) is 57.7 Å². The summed E-state index contributed by atoms with van der Waals surface area (Å²) in [4.78, 5) is 46.6. The number of benzene rings is 2. The number of halogens is 1. The number of nitrogens with zero attached hydrogens (tertiary/aromatic N) is 4. The van der Waals surface area contributed by atoms with Gasteiger partial charge in [-0.25, -0.2) is 14.8 Å². The van der Waals surface area contributed by atoms with Crippen molar-refractivity contribution in [3.8, 4) is 10.6 Å². The van der Waals surface area contributed by atoms with Gasteiger partial charge in [0.2, 0.25) is 0 Å². The highest BCUT2D eigenvalue weighted by Crippen LogP contribution is 2.31. The van der Waals surface area contributed by atoms with Gasteiger partial charge in [-0.3, -0.25) is 14.2 Å². The maximum atomic E-state index is 13.1. The number of nitrogens with two attached hydrogens (primary N) is 1. The third-order valence-electron chi connectivity index (χ3n) is 7.03. The fourth-order valence-electron chi connectivity index (χ4n) is 4.83. The Labute approximate surface area is 239 Å². The zero-order valence-corrected chi connectivity index (χ0v) is 23.7. The monoisotopic (exact) mass is 580 g/mol. The molecule has 0 saturated carbocycles. The van der Waals surface area contributed by atoms with Crippen LogP contribution in [0.3, 0.4) is 0 Å². The third kappa shape index (κ3) is 5.66. The first-order chi connectivity index (χ1) is 19.2. The van der Waals surface area contributed by atoms with Gasteiger partial charge in [0.25, 0.3) is 11.5 Å². The topological polar surface area (TPSA) is 132 Å². The second-order valence-electron chi connectivity index (χ2n) is 9.67. The molecule has 1 unspecified atom stereocenters. The van der Waals surface area contributed by atoms with Crippen molar-refractivity contribution in [1.29, 1.82) is 0 Å². The molecule has 0 aliphatic carbocycles. The highest BCUT2D eigenvalue weighted by Gasteiger charge is 2.34. The Hall–Kier alpha value is -3.96. The summed E-state index contributed by atoms with van der Waals surface area (Å²) in [5.74, 6) is 0.319. The third-order valence-corrected chi connectivity index (χ3v) is 8.15. The summed E-state index contributed by atoms with van der Waals surface area (Å²) in [5, 5.41) is 5.88. The Kier molecular flexibility index (Phi) is 8.04. The van der Waals surface area contributed by atoms with Crippen LogP contribution in [0.5, 0.6) is 0 Å². The SMILES string of the molecule is CNC(=O)c1csc(-c2cc3nc(C)n(Cc4ccc(Cl)cc4)c(=O)c3cc2N)n1.O=C1OCC2CCCCN12. The fourth-order valence-corrected chi connectivity index (χ4v) is 5.80. The number of amides is 2. The molecule has 6 rings (SSSR count). The molecule has 2 fully saturated rings. The molecule has 0 bridgehead atoms. The number of carbonyl (C=O) groups excluding carboxylic acids is 2. The number of cyclic esters (lactones) is 1. The number of nitrogen functional groups attached to an aromatic ring is 1. The van der Waals surface area contributed by atoms with Crippen molar-refractivity contribution in [3.05, 3.63) is 74.2 Å². The first-order valence-corrected chi connectivity index (χ1v) is 14.2. The van der Waals surface area contributed by atoms with Gasteiger partial charge in [-0.15, -0.1) is 11.3 Å². The largest absolute Gasteiger partial charge is 0.447 e. The summed E-state index contributed by atoms with van der Waals surface area (Å²) < 4.78 is 6.50. The van der Waals surface area contributed by atoms with E-state index in [1.165, 1.54) is 17.8 Å². The molecule has 4 heterocycles. The molecule has 3 N–H and O–H groups in total. The molecule has 2 aromatic carbocycles. The first-order valence-electron chi connectivity index (χ1n) is 12.9. The second-order valence-corrected chi connectivity index (χ2v) is 11.0. The molecule has 2 aliphatic heterocycles. The number of anilines is 1. The minimum Gasteiger partial charge on any atom is -0.447 e. The molecule has 10 nitrogen and oxygen atoms in total. The smallest absolute Gasteiger partial charge is 0.410 e. The van der Waals surface area contributed by atoms with Crippen LogP contribution in [-0.2, 0) is 11.3 Å². The summed E-state index contributed by atoms with van der Waals surface area (Å²) in [7, 11) is 1.55. The number of rotatable bonds is 4. The van der Waals surface area contributed by atoms with Crippen molar-refractivity contribution >= 4 is 51.5 Å². The van der Waals surface area contributed by atoms with Crippen molar-refractivity contribution in [2.45, 2.75) is 38.8 Å². The molecule has 0 spiro atoms. The number of thiazole rings is 1. The molecule has 40 heavy (non-hydrogen) atoms. The van der Waals surface area contributed by atoms with Crippen LogP contribution in [0.4, 0.5) is 10.5 Å². The molecular weight excluding hydrogens is 552 g/mol. The quantitative estimate of drug-likeness (QED) is 0.340. The standard InChI is InChI=1S/C21H18ClN5O2S.C7H11NO2/c1-11-25-17-8-14(20-26-18(10-30-20)19(28)24-2)16(23)7-15(17)21(29)27(11)9-12-3-5-13(22)6-4-12;9-7-8-4-2-1-3-6(8)5-10-7/h3-8,10H,9,23H2,1-2H3,(H,24,28);6H,1-5H2. The molecular formula is C28H29ClN6O4S. The van der Waals surface area contributed by atoms with Gasteiger partial charge in [-0.05, 0) is 56.0 Å². The summed E-state index contributed by atoms with van der Waals surface area (Å²) >= 11 is 7.25. The Morgan fingerprint density at radius 2 is 1.98 bits per heavy atom. The molecule has 2 aliphatic rings. The Bertz CT molecular complexity index is 1630. The van der Waals surface area contributed by atoms with Crippen molar-refractivity contribution < 1.29 is 14.3 Å². The van der Waals surface area contributed by atoms with E-state index in [1.54, 1.807) is 48.2 Å². The maximum Gasteiger partial charge on any atom is 0.410 e. The zero-order chi connectivity index (χ0) is 28.4. The van der Waals surface area contributed by atoms with E-state index in [0.29, 0.717) is 62.9 Å². The van der Waals surface area contributed by atoms with Gasteiger partial charge in [-0.1, -0.05) is 23.7 Å². The number of piperidine rings is 1. The van der Waals surface area contributed by atoms with E-state index in [9.17, 15) is 14.4 Å². The highest BCUT2D eigenvalue weighted by atomic mass is 35.5. The minimum atomic E-state index is -0.268. The predicted molar refractivity (Wildman–Crippen MR) is 156 cm³/mol. The fraction of sp³-hybridized carbons (Fsp3) is 0.321. The maximum absolute atomic E-state index is 13.1. The molecule has 4 aromatic rings. The number of aromatic nitrogens is 3. The molecule has 0 radical (unpaired) electrons. The van der Waals surface area contributed by atoms with Crippen LogP contribution < -0.4 is 16.6 Å². The van der Waals surface area contributed by atoms with E-state index in [0.717, 1.165) is 24.9 Å². The van der Waals surface area contributed by atoms with Gasteiger partial charge >= 0.3 is 6.09 Å². The lowest BCUT2D eigenvalue weighted by Gasteiger charge is -2.25. The van der Waals surface area contributed by atoms with E-state index in [2.05, 4.69) is 15.3 Å². The molecule has 12 heteroatoms. The number of aryl methyl sites for hydroxylation is 1. The van der Waals surface area contributed by atoms with Crippen LogP contribution in [0.25, 0.3) is 21.5 Å². The highest BCUT2D eigenvalue weighted by molar-refractivity contribution is 7.13. The second kappa shape index (κ2) is 11.6. The summed E-state index contributed by atoms with van der Waals surface area (Å²) in [6.45, 7) is 3.70. The zero-order valence-electron chi connectivity index (χ0n) is 22.1. The average molecular weight is 581 g/mol. The minimum absolute atomic E-state index is 0.107. The Morgan fingerprint density at radius 1 is 1.20 bits per heavy atom. The molecule has 2 amide bonds. The van der Waals surface area contributed by atoms with Gasteiger partial charge in [0.1, 0.15) is 23.1 Å². The number of carbonyl (C=O) groups is 2. The molecule has 2 aromatic heterocycles. The van der Waals surface area contributed by atoms with Gasteiger partial charge in [0, 0.05) is 35.2 Å². The number of hydrogen-bond acceptors (Lipinski definition) is 8. The van der Waals surface area contributed by atoms with E-state index in [4.69, 9.17) is 22.1 Å². The van der Waals surface area contributed by atoms with Gasteiger partial charge in [0.05, 0.1) is 23.5 Å². The molecule has 2 saturated heterocycles. The van der Waals surface area contributed by atoms with Crippen molar-refractivity contribution in [2.75, 3.05) is 25.9 Å². The van der Waals surface area contributed by atoms with Crippen LogP contribution in [0.1, 0.15) is 41.1 Å². The van der Waals surface area contributed by atoms with Crippen molar-refractivity contribution in [3.63, 3.8) is 0 Å². The van der Waals surface area contributed by atoms with E-state index >= 15 is 0 Å². The Balaban J connectivity index is 0.000000269. The number of ether oxygens (including phenoxy) is 1.